The zero-order valence-electron chi connectivity index (χ0n) is 36.6. The Hall–Kier alpha value is -1.79. The first-order valence-electron chi connectivity index (χ1n) is 22.4. The van der Waals surface area contributed by atoms with E-state index in [1.165, 1.54) is 27.7 Å². The van der Waals surface area contributed by atoms with Crippen molar-refractivity contribution in [3.8, 4) is 0 Å². The maximum Gasteiger partial charge on any atom is 0.510 e. The standard InChI is InChI=1S/C23H31F7O3.C21H29F7O2/c1-10-11(2)14-7-13(10)16-12-6-15(17(14)16)20(24,8-12)9-21(22(25,26)27,23(28,29)30)33-18(31)32-19(3,4)5;1-4-29-9-30-19(20(23,24)25,21(26,27)28)8-18(22)7-12-5-15(18)17-14-6-13(16(12)17)10(2)11(14)3/h10-17H,6-9H2,1-5H3;10-17H,4-9H2,1-3H3. The molecule has 0 heterocycles. The molecule has 0 aliphatic heterocycles. The summed E-state index contributed by atoms with van der Waals surface area (Å²) in [5.74, 6) is 0.568. The minimum Gasteiger partial charge on any atom is -0.429 e. The molecule has 18 atom stereocenters. The monoisotopic (exact) mass is 934 g/mol. The summed E-state index contributed by atoms with van der Waals surface area (Å²) < 4.78 is 217. The molecule has 8 rings (SSSR count). The van der Waals surface area contributed by atoms with Crippen molar-refractivity contribution in [1.29, 1.82) is 0 Å². The summed E-state index contributed by atoms with van der Waals surface area (Å²) in [6.07, 6.45) is -27.8. The van der Waals surface area contributed by atoms with E-state index in [0.29, 0.717) is 36.0 Å². The summed E-state index contributed by atoms with van der Waals surface area (Å²) in [4.78, 5) is 12.0. The van der Waals surface area contributed by atoms with Crippen LogP contribution in [-0.2, 0) is 18.9 Å². The number of ether oxygens (including phenoxy) is 4. The third kappa shape index (κ3) is 7.57. The first kappa shape index (κ1) is 49.1. The van der Waals surface area contributed by atoms with E-state index in [2.05, 4.69) is 39.7 Å². The Bertz CT molecular complexity index is 1680. The topological polar surface area (TPSA) is 54.0 Å². The molecule has 8 aliphatic rings. The van der Waals surface area contributed by atoms with Crippen LogP contribution < -0.4 is 0 Å². The predicted molar refractivity (Wildman–Crippen MR) is 198 cm³/mol. The molecule has 0 amide bonds. The van der Waals surface area contributed by atoms with Gasteiger partial charge in [-0.1, -0.05) is 27.7 Å². The first-order chi connectivity index (χ1) is 28.6. The van der Waals surface area contributed by atoms with Crippen molar-refractivity contribution in [1.82, 2.24) is 0 Å². The van der Waals surface area contributed by atoms with Gasteiger partial charge in [-0.25, -0.2) is 13.6 Å². The van der Waals surface area contributed by atoms with Crippen molar-refractivity contribution in [3.63, 3.8) is 0 Å². The fourth-order valence-electron chi connectivity index (χ4n) is 15.6. The molecule has 63 heavy (non-hydrogen) atoms. The van der Waals surface area contributed by atoms with E-state index in [1.54, 1.807) is 0 Å². The highest BCUT2D eigenvalue weighted by Gasteiger charge is 2.81. The molecular weight excluding hydrogens is 874 g/mol. The van der Waals surface area contributed by atoms with E-state index in [-0.39, 0.29) is 79.1 Å². The molecule has 0 aromatic carbocycles. The van der Waals surface area contributed by atoms with E-state index in [1.807, 2.05) is 6.92 Å². The zero-order valence-corrected chi connectivity index (χ0v) is 36.6. The lowest BCUT2D eigenvalue weighted by Crippen LogP contribution is -2.64. The Morgan fingerprint density at radius 3 is 1.22 bits per heavy atom. The van der Waals surface area contributed by atoms with Gasteiger partial charge >= 0.3 is 36.5 Å². The molecule has 8 aliphatic carbocycles. The maximum atomic E-state index is 16.3. The molecule has 0 spiro atoms. The minimum atomic E-state index is -6.07. The van der Waals surface area contributed by atoms with Gasteiger partial charge < -0.3 is 18.9 Å². The van der Waals surface area contributed by atoms with Crippen molar-refractivity contribution in [3.05, 3.63) is 0 Å². The van der Waals surface area contributed by atoms with Gasteiger partial charge in [0.2, 0.25) is 0 Å². The Balaban J connectivity index is 0.000000190. The van der Waals surface area contributed by atoms with E-state index >= 15 is 8.78 Å². The van der Waals surface area contributed by atoms with E-state index < -0.39 is 90.5 Å². The molecule has 19 heteroatoms. The van der Waals surface area contributed by atoms with Crippen molar-refractivity contribution < 1.29 is 85.2 Å². The fraction of sp³-hybridized carbons (Fsp3) is 0.977. The molecule has 8 saturated carbocycles. The molecule has 0 aromatic rings. The van der Waals surface area contributed by atoms with Crippen LogP contribution in [0.1, 0.15) is 107 Å². The summed E-state index contributed by atoms with van der Waals surface area (Å²) in [7, 11) is 0. The first-order valence-corrected chi connectivity index (χ1v) is 22.4. The zero-order chi connectivity index (χ0) is 47.2. The van der Waals surface area contributed by atoms with Gasteiger partial charge in [0.05, 0.1) is 0 Å². The predicted octanol–water partition coefficient (Wildman–Crippen LogP) is 13.2. The van der Waals surface area contributed by atoms with Crippen LogP contribution in [0.4, 0.5) is 66.3 Å². The molecule has 8 bridgehead atoms. The second-order valence-corrected chi connectivity index (χ2v) is 21.9. The normalized spacial score (nSPS) is 43.9. The molecule has 18 unspecified atom stereocenters. The lowest BCUT2D eigenvalue weighted by Gasteiger charge is -2.48. The van der Waals surface area contributed by atoms with Crippen LogP contribution >= 0.6 is 0 Å². The quantitative estimate of drug-likeness (QED) is 0.0758. The molecule has 8 fully saturated rings. The van der Waals surface area contributed by atoms with Crippen LogP contribution in [0.5, 0.6) is 0 Å². The largest absolute Gasteiger partial charge is 0.510 e. The van der Waals surface area contributed by atoms with E-state index in [4.69, 9.17) is 0 Å². The van der Waals surface area contributed by atoms with Crippen molar-refractivity contribution in [2.45, 2.75) is 160 Å². The Morgan fingerprint density at radius 1 is 0.540 bits per heavy atom. The highest BCUT2D eigenvalue weighted by molar-refractivity contribution is 5.61. The smallest absolute Gasteiger partial charge is 0.429 e. The van der Waals surface area contributed by atoms with Crippen molar-refractivity contribution in [2.24, 2.45) is 94.7 Å². The van der Waals surface area contributed by atoms with Crippen LogP contribution in [0, 0.1) is 94.7 Å². The number of carbonyl (C=O) groups is 1. The number of halogens is 14. The van der Waals surface area contributed by atoms with E-state index in [9.17, 15) is 57.5 Å². The summed E-state index contributed by atoms with van der Waals surface area (Å²) >= 11 is 0. The second-order valence-electron chi connectivity index (χ2n) is 21.9. The van der Waals surface area contributed by atoms with Gasteiger partial charge in [0.1, 0.15) is 23.7 Å². The van der Waals surface area contributed by atoms with Crippen molar-refractivity contribution >= 4 is 6.16 Å². The number of rotatable bonds is 9. The van der Waals surface area contributed by atoms with Crippen LogP contribution in [0.3, 0.4) is 0 Å². The van der Waals surface area contributed by atoms with Gasteiger partial charge in [0, 0.05) is 19.4 Å². The lowest BCUT2D eigenvalue weighted by atomic mass is 9.60. The SMILES string of the molecule is CC1C(C)C2CC1C1C3CC(C21)C(F)(CC(OC(=O)OC(C)(C)C)(C(F)(F)F)C(F)(F)F)C3.CCOCOC(CC1(F)CC2CC1C1C3CC(C(C)C3C)C21)(C(F)(F)F)C(F)(F)F. The average Bonchev–Trinajstić information content (AvgIpc) is 3.97. The second kappa shape index (κ2) is 15.4. The van der Waals surface area contributed by atoms with Gasteiger partial charge in [-0.05, 0) is 161 Å². The summed E-state index contributed by atoms with van der Waals surface area (Å²) in [5, 5.41) is 0. The van der Waals surface area contributed by atoms with Crippen LogP contribution in [-0.4, -0.2) is 72.4 Å². The van der Waals surface area contributed by atoms with Crippen LogP contribution in [0.25, 0.3) is 0 Å². The van der Waals surface area contributed by atoms with Gasteiger partial charge in [-0.3, -0.25) is 0 Å². The Kier molecular flexibility index (Phi) is 12.0. The van der Waals surface area contributed by atoms with Crippen LogP contribution in [0.2, 0.25) is 0 Å². The number of carbonyl (C=O) groups excluding carboxylic acids is 1. The van der Waals surface area contributed by atoms with Crippen molar-refractivity contribution in [2.75, 3.05) is 13.4 Å². The van der Waals surface area contributed by atoms with Gasteiger partial charge in [-0.15, -0.1) is 0 Å². The van der Waals surface area contributed by atoms with Gasteiger partial charge in [0.15, 0.2) is 0 Å². The van der Waals surface area contributed by atoms with E-state index in [0.717, 1.165) is 12.8 Å². The highest BCUT2D eigenvalue weighted by atomic mass is 19.4. The third-order valence-corrected chi connectivity index (χ3v) is 18.1. The summed E-state index contributed by atoms with van der Waals surface area (Å²) in [6.45, 7) is 12.4. The molecule has 364 valence electrons. The maximum absolute atomic E-state index is 16.3. The molecular formula is C44H60F14O5. The third-order valence-electron chi connectivity index (χ3n) is 18.1. The minimum absolute atomic E-state index is 0.110. The molecule has 0 aromatic heterocycles. The number of hydrogen-bond acceptors (Lipinski definition) is 5. The summed E-state index contributed by atoms with van der Waals surface area (Å²) in [5.41, 5.74) is -16.2. The number of hydrogen-bond donors (Lipinski definition) is 0. The van der Waals surface area contributed by atoms with Gasteiger partial charge in [-0.2, -0.15) is 52.7 Å². The number of alkyl halides is 14. The molecule has 0 N–H and O–H groups in total. The molecule has 5 nitrogen and oxygen atoms in total. The lowest BCUT2D eigenvalue weighted by molar-refractivity contribution is -0.402. The fourth-order valence-corrected chi connectivity index (χ4v) is 15.6. The molecule has 0 saturated heterocycles. The summed E-state index contributed by atoms with van der Waals surface area (Å²) in [6, 6.07) is 0. The Labute approximate surface area is 358 Å². The number of fused-ring (bicyclic) bond motifs is 18. The highest BCUT2D eigenvalue weighted by Crippen LogP contribution is 2.76. The van der Waals surface area contributed by atoms with Gasteiger partial charge in [0.25, 0.3) is 5.60 Å². The van der Waals surface area contributed by atoms with Crippen LogP contribution in [0.15, 0.2) is 0 Å². The molecule has 0 radical (unpaired) electrons. The average molecular weight is 935 g/mol. The Morgan fingerprint density at radius 2 is 0.889 bits per heavy atom.